The van der Waals surface area contributed by atoms with Crippen LogP contribution in [0.15, 0.2) is 78.9 Å². The fraction of sp³-hybridized carbons (Fsp3) is 0.345. The fourth-order valence-corrected chi connectivity index (χ4v) is 5.01. The summed E-state index contributed by atoms with van der Waals surface area (Å²) >= 11 is 0. The first-order valence-corrected chi connectivity index (χ1v) is 12.1. The molecular weight excluding hydrogens is 408 g/mol. The van der Waals surface area contributed by atoms with Gasteiger partial charge in [0.25, 0.3) is 0 Å². The Morgan fingerprint density at radius 2 is 1.58 bits per heavy atom. The molecule has 0 saturated carbocycles. The maximum atomic E-state index is 13.1. The lowest BCUT2D eigenvalue weighted by Crippen LogP contribution is -2.47. The van der Waals surface area contributed by atoms with E-state index in [-0.39, 0.29) is 5.92 Å². The average Bonchev–Trinajstić information content (AvgIpc) is 2.88. The van der Waals surface area contributed by atoms with Gasteiger partial charge in [-0.25, -0.2) is 0 Å². The molecule has 3 aromatic rings. The second kappa shape index (κ2) is 10.2. The number of nitrogens with zero attached hydrogens (tertiary/aromatic N) is 2. The number of aryl methyl sites for hydroxylation is 1. The molecule has 1 saturated heterocycles. The maximum absolute atomic E-state index is 13.1. The van der Waals surface area contributed by atoms with E-state index in [1.54, 1.807) is 0 Å². The van der Waals surface area contributed by atoms with E-state index < -0.39 is 0 Å². The Morgan fingerprint density at radius 3 is 2.33 bits per heavy atom. The van der Waals surface area contributed by atoms with Gasteiger partial charge in [0.2, 0.25) is 0 Å². The van der Waals surface area contributed by atoms with Gasteiger partial charge in [-0.1, -0.05) is 48.5 Å². The Balaban J connectivity index is 1.12. The molecule has 1 fully saturated rings. The summed E-state index contributed by atoms with van der Waals surface area (Å²) in [5.41, 5.74) is 4.49. The lowest BCUT2D eigenvalue weighted by atomic mass is 9.81. The zero-order valence-corrected chi connectivity index (χ0v) is 19.2. The number of fused-ring (bicyclic) bond motifs is 1. The average molecular weight is 441 g/mol. The first-order valence-electron chi connectivity index (χ1n) is 12.1. The first kappa shape index (κ1) is 21.7. The number of hydrogen-bond acceptors (Lipinski definition) is 4. The normalized spacial score (nSPS) is 18.7. The third-order valence-electron chi connectivity index (χ3n) is 7.01. The van der Waals surface area contributed by atoms with E-state index in [1.165, 1.54) is 5.69 Å². The van der Waals surface area contributed by atoms with Gasteiger partial charge in [-0.05, 0) is 67.3 Å². The number of rotatable bonds is 7. The number of carbonyl (C=O) groups is 1. The van der Waals surface area contributed by atoms with Crippen molar-refractivity contribution in [1.82, 2.24) is 4.90 Å². The monoisotopic (exact) mass is 440 g/mol. The number of Topliss-reactive ketones (excluding diaryl/α,β-unsaturated/α-hetero) is 1. The van der Waals surface area contributed by atoms with Gasteiger partial charge in [-0.3, -0.25) is 9.69 Å². The van der Waals surface area contributed by atoms with Gasteiger partial charge in [-0.2, -0.15) is 0 Å². The summed E-state index contributed by atoms with van der Waals surface area (Å²) < 4.78 is 5.97. The number of anilines is 1. The van der Waals surface area contributed by atoms with Crippen molar-refractivity contribution in [3.05, 3.63) is 95.6 Å². The number of ether oxygens (including phenoxy) is 1. The Kier molecular flexibility index (Phi) is 6.73. The molecule has 170 valence electrons. The third kappa shape index (κ3) is 5.28. The molecule has 0 spiro atoms. The van der Waals surface area contributed by atoms with Crippen LogP contribution >= 0.6 is 0 Å². The minimum Gasteiger partial charge on any atom is -0.489 e. The summed E-state index contributed by atoms with van der Waals surface area (Å²) in [5, 5.41) is 0. The topological polar surface area (TPSA) is 32.8 Å². The van der Waals surface area contributed by atoms with Crippen LogP contribution in [0.25, 0.3) is 0 Å². The molecule has 4 nitrogen and oxygen atoms in total. The number of para-hydroxylation sites is 1. The highest BCUT2D eigenvalue weighted by molar-refractivity contribution is 6.00. The lowest BCUT2D eigenvalue weighted by molar-refractivity contribution is 0.0881. The second-order valence-electron chi connectivity index (χ2n) is 9.15. The molecule has 5 rings (SSSR count). The predicted octanol–water partition coefficient (Wildman–Crippen LogP) is 5.22. The zero-order valence-electron chi connectivity index (χ0n) is 19.2. The van der Waals surface area contributed by atoms with Gasteiger partial charge >= 0.3 is 0 Å². The molecule has 0 amide bonds. The minimum atomic E-state index is 0.140. The molecule has 3 aromatic carbocycles. The molecule has 0 bridgehead atoms. The molecule has 2 aliphatic rings. The summed E-state index contributed by atoms with van der Waals surface area (Å²) in [7, 11) is 0. The number of piperazine rings is 1. The first-order chi connectivity index (χ1) is 16.3. The van der Waals surface area contributed by atoms with E-state index in [4.69, 9.17) is 4.74 Å². The SMILES string of the molecule is O=C1c2ccc(OCc3ccccc3)cc2CCC1CCN1CCN(c2ccccc2)CC1. The van der Waals surface area contributed by atoms with Crippen LogP contribution in [0.1, 0.15) is 34.3 Å². The van der Waals surface area contributed by atoms with Crippen LogP contribution in [-0.2, 0) is 13.0 Å². The van der Waals surface area contributed by atoms with E-state index in [0.29, 0.717) is 12.4 Å². The van der Waals surface area contributed by atoms with Crippen LogP contribution in [0.5, 0.6) is 5.75 Å². The van der Waals surface area contributed by atoms with Crippen molar-refractivity contribution in [2.45, 2.75) is 25.9 Å². The molecule has 1 unspecified atom stereocenters. The van der Waals surface area contributed by atoms with Crippen molar-refractivity contribution in [2.24, 2.45) is 5.92 Å². The summed E-state index contributed by atoms with van der Waals surface area (Å²) in [6.45, 7) is 5.79. The highest BCUT2D eigenvalue weighted by Gasteiger charge is 2.28. The molecule has 0 N–H and O–H groups in total. The van der Waals surface area contributed by atoms with E-state index in [0.717, 1.165) is 74.4 Å². The third-order valence-corrected chi connectivity index (χ3v) is 7.01. The van der Waals surface area contributed by atoms with Crippen molar-refractivity contribution in [1.29, 1.82) is 0 Å². The van der Waals surface area contributed by atoms with Gasteiger partial charge < -0.3 is 9.64 Å². The summed E-state index contributed by atoms with van der Waals surface area (Å²) in [5.74, 6) is 1.30. The molecule has 1 aliphatic heterocycles. The Hall–Kier alpha value is -3.11. The zero-order chi connectivity index (χ0) is 22.5. The highest BCUT2D eigenvalue weighted by Crippen LogP contribution is 2.31. The molecule has 1 atom stereocenters. The van der Waals surface area contributed by atoms with Gasteiger partial charge in [0.05, 0.1) is 0 Å². The van der Waals surface area contributed by atoms with E-state index >= 15 is 0 Å². The standard InChI is InChI=1S/C29H32N2O2/c32-29-24(15-16-30-17-19-31(20-18-30)26-9-5-2-6-10-26)11-12-25-21-27(13-14-28(25)29)33-22-23-7-3-1-4-8-23/h1-10,13-14,21,24H,11-12,15-20,22H2. The van der Waals surface area contributed by atoms with E-state index in [9.17, 15) is 4.79 Å². The molecule has 1 heterocycles. The van der Waals surface area contributed by atoms with Crippen molar-refractivity contribution in [3.63, 3.8) is 0 Å². The maximum Gasteiger partial charge on any atom is 0.166 e. The number of carbonyl (C=O) groups excluding carboxylic acids is 1. The molecule has 4 heteroatoms. The molecular formula is C29H32N2O2. The predicted molar refractivity (Wildman–Crippen MR) is 133 cm³/mol. The van der Waals surface area contributed by atoms with Gasteiger partial charge in [0.1, 0.15) is 12.4 Å². The number of ketones is 1. The Labute approximate surface area is 196 Å². The van der Waals surface area contributed by atoms with Gasteiger partial charge in [0.15, 0.2) is 5.78 Å². The summed E-state index contributed by atoms with van der Waals surface area (Å²) in [6.07, 6.45) is 2.85. The van der Waals surface area contributed by atoms with Crippen molar-refractivity contribution < 1.29 is 9.53 Å². The number of hydrogen-bond donors (Lipinski definition) is 0. The van der Waals surface area contributed by atoms with E-state index in [1.807, 2.05) is 30.3 Å². The van der Waals surface area contributed by atoms with Crippen LogP contribution < -0.4 is 9.64 Å². The van der Waals surface area contributed by atoms with Crippen molar-refractivity contribution >= 4 is 11.5 Å². The Bertz CT molecular complexity index is 1060. The molecule has 1 aliphatic carbocycles. The van der Waals surface area contributed by atoms with Crippen LogP contribution in [0.4, 0.5) is 5.69 Å². The van der Waals surface area contributed by atoms with Gasteiger partial charge in [0, 0.05) is 43.3 Å². The fourth-order valence-electron chi connectivity index (χ4n) is 5.01. The minimum absolute atomic E-state index is 0.140. The molecule has 33 heavy (non-hydrogen) atoms. The largest absolute Gasteiger partial charge is 0.489 e. The lowest BCUT2D eigenvalue weighted by Gasteiger charge is -2.36. The van der Waals surface area contributed by atoms with Crippen LogP contribution in [0.2, 0.25) is 0 Å². The van der Waals surface area contributed by atoms with Crippen molar-refractivity contribution in [2.75, 3.05) is 37.6 Å². The number of benzene rings is 3. The van der Waals surface area contributed by atoms with Crippen molar-refractivity contribution in [3.8, 4) is 5.75 Å². The van der Waals surface area contributed by atoms with E-state index in [2.05, 4.69) is 58.3 Å². The smallest absolute Gasteiger partial charge is 0.166 e. The second-order valence-corrected chi connectivity index (χ2v) is 9.15. The van der Waals surface area contributed by atoms with Crippen LogP contribution in [0, 0.1) is 5.92 Å². The van der Waals surface area contributed by atoms with Gasteiger partial charge in [-0.15, -0.1) is 0 Å². The quantitative estimate of drug-likeness (QED) is 0.504. The molecule has 0 aromatic heterocycles. The summed E-state index contributed by atoms with van der Waals surface area (Å²) in [6, 6.07) is 26.8. The highest BCUT2D eigenvalue weighted by atomic mass is 16.5. The van der Waals surface area contributed by atoms with Crippen LogP contribution in [0.3, 0.4) is 0 Å². The Morgan fingerprint density at radius 1 is 0.848 bits per heavy atom. The summed E-state index contributed by atoms with van der Waals surface area (Å²) in [4.78, 5) is 18.1. The molecule has 0 radical (unpaired) electrons. The van der Waals surface area contributed by atoms with Crippen LogP contribution in [-0.4, -0.2) is 43.4 Å².